The lowest BCUT2D eigenvalue weighted by atomic mass is 10.1. The number of hydrogen-bond donors (Lipinski definition) is 2. The zero-order valence-electron chi connectivity index (χ0n) is 15.0. The van der Waals surface area contributed by atoms with Crippen LogP contribution in [0.4, 0.5) is 0 Å². The van der Waals surface area contributed by atoms with E-state index in [1.165, 1.54) is 50.6 Å². The third-order valence-corrected chi connectivity index (χ3v) is 3.68. The maximum atomic E-state index is 12.0. The van der Waals surface area contributed by atoms with E-state index in [4.69, 9.17) is 9.47 Å². The van der Waals surface area contributed by atoms with Crippen molar-refractivity contribution in [2.45, 2.75) is 6.42 Å². The molecule has 2 aromatic carbocycles. The van der Waals surface area contributed by atoms with Crippen LogP contribution in [0.1, 0.15) is 17.5 Å². The molecule has 0 heterocycles. The molecule has 2 aromatic rings. The molecule has 0 aliphatic carbocycles. The molecule has 0 fully saturated rings. The van der Waals surface area contributed by atoms with E-state index in [2.05, 4.69) is 0 Å². The van der Waals surface area contributed by atoms with Gasteiger partial charge in [-0.15, -0.1) is 0 Å². The Balaban J connectivity index is 1.98. The van der Waals surface area contributed by atoms with Crippen molar-refractivity contribution in [3.8, 4) is 23.0 Å². The molecule has 0 aliphatic rings. The van der Waals surface area contributed by atoms with Gasteiger partial charge in [0.05, 0.1) is 20.6 Å². The quantitative estimate of drug-likeness (QED) is 0.548. The van der Waals surface area contributed by atoms with Crippen molar-refractivity contribution in [1.29, 1.82) is 0 Å². The van der Waals surface area contributed by atoms with Crippen molar-refractivity contribution in [3.05, 3.63) is 59.7 Å². The number of carbonyl (C=O) groups is 2. The van der Waals surface area contributed by atoms with Crippen molar-refractivity contribution in [1.82, 2.24) is 0 Å². The molecule has 27 heavy (non-hydrogen) atoms. The van der Waals surface area contributed by atoms with Gasteiger partial charge in [-0.2, -0.15) is 0 Å². The van der Waals surface area contributed by atoms with Crippen LogP contribution in [0.15, 0.2) is 48.6 Å². The summed E-state index contributed by atoms with van der Waals surface area (Å²) in [6, 6.07) is 9.19. The first kappa shape index (κ1) is 19.8. The Morgan fingerprint density at radius 2 is 1.56 bits per heavy atom. The largest absolute Gasteiger partial charge is 0.508 e. The first-order valence-electron chi connectivity index (χ1n) is 8.08. The van der Waals surface area contributed by atoms with Crippen LogP contribution in [-0.2, 0) is 9.59 Å². The zero-order chi connectivity index (χ0) is 19.8. The second-order valence-electron chi connectivity index (χ2n) is 5.63. The van der Waals surface area contributed by atoms with Gasteiger partial charge in [-0.05, 0) is 48.1 Å². The van der Waals surface area contributed by atoms with E-state index >= 15 is 0 Å². The smallest absolute Gasteiger partial charge is 0.163 e. The molecule has 0 saturated carbocycles. The lowest BCUT2D eigenvalue weighted by Gasteiger charge is -2.04. The minimum Gasteiger partial charge on any atom is -0.508 e. The summed E-state index contributed by atoms with van der Waals surface area (Å²) in [6.07, 6.45) is 5.40. The van der Waals surface area contributed by atoms with Gasteiger partial charge in [0.15, 0.2) is 23.1 Å². The predicted octanol–water partition coefficient (Wildman–Crippen LogP) is 3.37. The summed E-state index contributed by atoms with van der Waals surface area (Å²) in [5.41, 5.74) is 1.28. The Labute approximate surface area is 157 Å². The van der Waals surface area contributed by atoms with E-state index in [0.29, 0.717) is 22.6 Å². The number of phenols is 2. The molecule has 0 saturated heterocycles. The third kappa shape index (κ3) is 5.74. The van der Waals surface area contributed by atoms with Crippen LogP contribution in [0.5, 0.6) is 23.0 Å². The Bertz CT molecular complexity index is 896. The van der Waals surface area contributed by atoms with E-state index in [1.807, 2.05) is 0 Å². The summed E-state index contributed by atoms with van der Waals surface area (Å²) in [5, 5.41) is 19.0. The highest BCUT2D eigenvalue weighted by Gasteiger charge is 2.06. The van der Waals surface area contributed by atoms with Crippen molar-refractivity contribution < 1.29 is 29.3 Å². The van der Waals surface area contributed by atoms with Gasteiger partial charge in [-0.25, -0.2) is 0 Å². The lowest BCUT2D eigenvalue weighted by molar-refractivity contribution is -0.121. The molecule has 2 N–H and O–H groups in total. The molecular weight excluding hydrogens is 348 g/mol. The standard InChI is InChI=1S/C21H20O6/c1-26-20-13-18(24)9-6-15(20)5-8-17(23)12-16(22)7-3-14-4-10-19(25)21(11-14)27-2/h3-11,13,24-25H,12H2,1-2H3. The van der Waals surface area contributed by atoms with Crippen molar-refractivity contribution in [2.75, 3.05) is 14.2 Å². The van der Waals surface area contributed by atoms with Gasteiger partial charge in [-0.3, -0.25) is 9.59 Å². The monoisotopic (exact) mass is 368 g/mol. The Kier molecular flexibility index (Phi) is 6.77. The van der Waals surface area contributed by atoms with E-state index in [0.717, 1.165) is 0 Å². The highest BCUT2D eigenvalue weighted by molar-refractivity contribution is 6.11. The average Bonchev–Trinajstić information content (AvgIpc) is 2.66. The summed E-state index contributed by atoms with van der Waals surface area (Å²) in [7, 11) is 2.89. The molecule has 0 amide bonds. The summed E-state index contributed by atoms with van der Waals surface area (Å²) in [4.78, 5) is 23.9. The van der Waals surface area contributed by atoms with Crippen LogP contribution in [-0.4, -0.2) is 36.0 Å². The fourth-order valence-electron chi connectivity index (χ4n) is 2.30. The molecule has 0 unspecified atom stereocenters. The topological polar surface area (TPSA) is 93.1 Å². The summed E-state index contributed by atoms with van der Waals surface area (Å²) in [6.45, 7) is 0. The number of carbonyl (C=O) groups excluding carboxylic acids is 2. The van der Waals surface area contributed by atoms with Gasteiger partial charge in [0.25, 0.3) is 0 Å². The van der Waals surface area contributed by atoms with E-state index in [-0.39, 0.29) is 29.5 Å². The summed E-state index contributed by atoms with van der Waals surface area (Å²) >= 11 is 0. The van der Waals surface area contributed by atoms with Gasteiger partial charge < -0.3 is 19.7 Å². The van der Waals surface area contributed by atoms with Crippen LogP contribution in [0.2, 0.25) is 0 Å². The highest BCUT2D eigenvalue weighted by atomic mass is 16.5. The number of aromatic hydroxyl groups is 2. The second-order valence-corrected chi connectivity index (χ2v) is 5.63. The lowest BCUT2D eigenvalue weighted by Crippen LogP contribution is -2.02. The van der Waals surface area contributed by atoms with Gasteiger partial charge in [0.1, 0.15) is 11.5 Å². The molecule has 0 spiro atoms. The van der Waals surface area contributed by atoms with Crippen LogP contribution in [0.25, 0.3) is 12.2 Å². The molecule has 0 radical (unpaired) electrons. The molecule has 6 heteroatoms. The van der Waals surface area contributed by atoms with Gasteiger partial charge in [-0.1, -0.05) is 12.1 Å². The number of allylic oxidation sites excluding steroid dienone is 2. The number of phenolic OH excluding ortho intramolecular Hbond substituents is 2. The van der Waals surface area contributed by atoms with Crippen LogP contribution < -0.4 is 9.47 Å². The molecule has 0 atom stereocenters. The molecule has 140 valence electrons. The fraction of sp³-hybridized carbons (Fsp3) is 0.143. The van der Waals surface area contributed by atoms with Gasteiger partial charge in [0, 0.05) is 11.6 Å². The number of benzene rings is 2. The SMILES string of the molecule is COc1cc(C=CC(=O)CC(=O)C=Cc2ccc(O)cc2OC)ccc1O. The first-order chi connectivity index (χ1) is 12.9. The van der Waals surface area contributed by atoms with Gasteiger partial charge >= 0.3 is 0 Å². The fourth-order valence-corrected chi connectivity index (χ4v) is 2.30. The number of rotatable bonds is 8. The predicted molar refractivity (Wildman–Crippen MR) is 102 cm³/mol. The minimum atomic E-state index is -0.358. The minimum absolute atomic E-state index is 0.00551. The molecule has 0 bridgehead atoms. The van der Waals surface area contributed by atoms with Crippen LogP contribution in [0.3, 0.4) is 0 Å². The molecular formula is C21H20O6. The normalized spacial score (nSPS) is 11.0. The Hall–Kier alpha value is -3.54. The number of methoxy groups -OCH3 is 2. The maximum absolute atomic E-state index is 12.0. The van der Waals surface area contributed by atoms with Crippen LogP contribution in [0, 0.1) is 0 Å². The average molecular weight is 368 g/mol. The van der Waals surface area contributed by atoms with E-state index < -0.39 is 0 Å². The van der Waals surface area contributed by atoms with E-state index in [9.17, 15) is 19.8 Å². The molecule has 2 rings (SSSR count). The number of ether oxygens (including phenoxy) is 2. The molecule has 0 aromatic heterocycles. The van der Waals surface area contributed by atoms with Crippen molar-refractivity contribution >= 4 is 23.7 Å². The first-order valence-corrected chi connectivity index (χ1v) is 8.08. The third-order valence-electron chi connectivity index (χ3n) is 3.68. The Morgan fingerprint density at radius 3 is 2.22 bits per heavy atom. The van der Waals surface area contributed by atoms with E-state index in [1.54, 1.807) is 24.3 Å². The van der Waals surface area contributed by atoms with Crippen molar-refractivity contribution in [3.63, 3.8) is 0 Å². The highest BCUT2D eigenvalue weighted by Crippen LogP contribution is 2.27. The summed E-state index contributed by atoms with van der Waals surface area (Å²) in [5.74, 6) is 0.0721. The summed E-state index contributed by atoms with van der Waals surface area (Å²) < 4.78 is 10.1. The van der Waals surface area contributed by atoms with Crippen LogP contribution >= 0.6 is 0 Å². The number of hydrogen-bond acceptors (Lipinski definition) is 6. The van der Waals surface area contributed by atoms with Gasteiger partial charge in [0.2, 0.25) is 0 Å². The van der Waals surface area contributed by atoms with Crippen molar-refractivity contribution in [2.24, 2.45) is 0 Å². The maximum Gasteiger partial charge on any atom is 0.163 e. The zero-order valence-corrected chi connectivity index (χ0v) is 15.0. The number of ketones is 2. The Morgan fingerprint density at radius 1 is 0.889 bits per heavy atom. The second kappa shape index (κ2) is 9.24. The molecule has 0 aliphatic heterocycles. The molecule has 6 nitrogen and oxygen atoms in total.